The van der Waals surface area contributed by atoms with Crippen molar-refractivity contribution in [2.45, 2.75) is 38.5 Å². The Morgan fingerprint density at radius 2 is 1.79 bits per heavy atom. The Labute approximate surface area is 150 Å². The Morgan fingerprint density at radius 3 is 2.33 bits per heavy atom. The molecule has 0 bridgehead atoms. The first-order valence-electron chi connectivity index (χ1n) is 8.78. The van der Waals surface area contributed by atoms with Crippen molar-refractivity contribution < 1.29 is 9.53 Å². The van der Waals surface area contributed by atoms with Gasteiger partial charge in [0.25, 0.3) is 0 Å². The number of carbonyl (C=O) groups excluding carboxylic acids is 1. The molecule has 4 nitrogen and oxygen atoms in total. The zero-order valence-corrected chi connectivity index (χ0v) is 15.1. The van der Waals surface area contributed by atoms with Crippen LogP contribution in [0.3, 0.4) is 0 Å². The largest absolute Gasteiger partial charge is 0.381 e. The molecule has 1 saturated carbocycles. The van der Waals surface area contributed by atoms with Crippen molar-refractivity contribution in [2.75, 3.05) is 26.3 Å². The molecule has 3 rings (SSSR count). The molecular formula is C19H29ClN2O2. The highest BCUT2D eigenvalue weighted by Gasteiger charge is 2.42. The molecule has 2 fully saturated rings. The van der Waals surface area contributed by atoms with Crippen LogP contribution in [0.1, 0.15) is 37.7 Å². The number of nitrogens with one attached hydrogen (secondary N) is 1. The van der Waals surface area contributed by atoms with Gasteiger partial charge in [0.15, 0.2) is 0 Å². The highest BCUT2D eigenvalue weighted by molar-refractivity contribution is 5.85. The SMILES string of the molecule is Cl.NCC1(C(=O)NCC2(Cc3ccccc3)CCC2)CCOCC1. The fourth-order valence-electron chi connectivity index (χ4n) is 3.86. The summed E-state index contributed by atoms with van der Waals surface area (Å²) in [5.41, 5.74) is 7.11. The number of rotatable bonds is 6. The molecule has 3 N–H and O–H groups in total. The molecule has 1 aliphatic carbocycles. The third kappa shape index (κ3) is 4.11. The van der Waals surface area contributed by atoms with Gasteiger partial charge in [-0.2, -0.15) is 0 Å². The number of carbonyl (C=O) groups is 1. The lowest BCUT2D eigenvalue weighted by Crippen LogP contribution is -2.52. The summed E-state index contributed by atoms with van der Waals surface area (Å²) in [6, 6.07) is 10.6. The molecule has 0 aromatic heterocycles. The number of benzene rings is 1. The monoisotopic (exact) mass is 352 g/mol. The molecule has 2 aliphatic rings. The highest BCUT2D eigenvalue weighted by atomic mass is 35.5. The summed E-state index contributed by atoms with van der Waals surface area (Å²) >= 11 is 0. The fourth-order valence-corrected chi connectivity index (χ4v) is 3.86. The molecule has 24 heavy (non-hydrogen) atoms. The first-order valence-corrected chi connectivity index (χ1v) is 8.78. The summed E-state index contributed by atoms with van der Waals surface area (Å²) in [6.45, 7) is 2.46. The van der Waals surface area contributed by atoms with E-state index in [0.29, 0.717) is 19.8 Å². The lowest BCUT2D eigenvalue weighted by molar-refractivity contribution is -0.136. The zero-order chi connectivity index (χ0) is 16.2. The predicted octanol–water partition coefficient (Wildman–Crippen LogP) is 2.69. The molecular weight excluding hydrogens is 324 g/mol. The van der Waals surface area contributed by atoms with E-state index in [1.807, 2.05) is 0 Å². The second kappa shape index (κ2) is 8.32. The number of amides is 1. The van der Waals surface area contributed by atoms with Crippen LogP contribution in [0.25, 0.3) is 0 Å². The van der Waals surface area contributed by atoms with Gasteiger partial charge in [-0.3, -0.25) is 4.79 Å². The minimum atomic E-state index is -0.421. The molecule has 0 unspecified atom stereocenters. The molecule has 5 heteroatoms. The maximum atomic E-state index is 12.7. The Hall–Kier alpha value is -1.10. The van der Waals surface area contributed by atoms with E-state index in [0.717, 1.165) is 25.8 Å². The molecule has 0 spiro atoms. The number of ether oxygens (including phenoxy) is 1. The van der Waals surface area contributed by atoms with E-state index in [9.17, 15) is 4.79 Å². The van der Waals surface area contributed by atoms with Gasteiger partial charge in [0.05, 0.1) is 5.41 Å². The first kappa shape index (κ1) is 19.2. The van der Waals surface area contributed by atoms with Crippen LogP contribution < -0.4 is 11.1 Å². The van der Waals surface area contributed by atoms with Crippen molar-refractivity contribution in [2.24, 2.45) is 16.6 Å². The predicted molar refractivity (Wildman–Crippen MR) is 98.2 cm³/mol. The van der Waals surface area contributed by atoms with Crippen molar-refractivity contribution in [3.8, 4) is 0 Å². The van der Waals surface area contributed by atoms with E-state index in [2.05, 4.69) is 35.6 Å². The Bertz CT molecular complexity index is 525. The van der Waals surface area contributed by atoms with Crippen molar-refractivity contribution in [1.29, 1.82) is 0 Å². The second-order valence-corrected chi connectivity index (χ2v) is 7.30. The van der Waals surface area contributed by atoms with Crippen LogP contribution in [0, 0.1) is 10.8 Å². The van der Waals surface area contributed by atoms with Crippen LogP contribution in [-0.2, 0) is 16.0 Å². The van der Waals surface area contributed by atoms with Crippen LogP contribution in [0.15, 0.2) is 30.3 Å². The Morgan fingerprint density at radius 1 is 1.12 bits per heavy atom. The van der Waals surface area contributed by atoms with Crippen molar-refractivity contribution in [3.05, 3.63) is 35.9 Å². The third-order valence-corrected chi connectivity index (χ3v) is 5.78. The zero-order valence-electron chi connectivity index (χ0n) is 14.3. The Balaban J connectivity index is 0.00000208. The summed E-state index contributed by atoms with van der Waals surface area (Å²) in [5.74, 6) is 0.127. The van der Waals surface area contributed by atoms with Gasteiger partial charge < -0.3 is 15.8 Å². The third-order valence-electron chi connectivity index (χ3n) is 5.78. The van der Waals surface area contributed by atoms with Crippen molar-refractivity contribution >= 4 is 18.3 Å². The standard InChI is InChI=1S/C19H28N2O2.ClH/c20-14-19(9-11-23-12-10-19)17(22)21-15-18(7-4-8-18)13-16-5-2-1-3-6-16;/h1-3,5-6H,4,7-15,20H2,(H,21,22);1H. The summed E-state index contributed by atoms with van der Waals surface area (Å²) in [5, 5.41) is 3.23. The fraction of sp³-hybridized carbons (Fsp3) is 0.632. The number of hydrogen-bond acceptors (Lipinski definition) is 3. The summed E-state index contributed by atoms with van der Waals surface area (Å²) in [4.78, 5) is 12.7. The molecule has 1 aromatic rings. The van der Waals surface area contributed by atoms with E-state index in [-0.39, 0.29) is 23.7 Å². The highest BCUT2D eigenvalue weighted by Crippen LogP contribution is 2.43. The molecule has 1 aliphatic heterocycles. The van der Waals surface area contributed by atoms with E-state index >= 15 is 0 Å². The Kier molecular flexibility index (Phi) is 6.67. The van der Waals surface area contributed by atoms with Crippen LogP contribution >= 0.6 is 12.4 Å². The minimum absolute atomic E-state index is 0. The van der Waals surface area contributed by atoms with Gasteiger partial charge in [0.2, 0.25) is 5.91 Å². The van der Waals surface area contributed by atoms with Crippen LogP contribution in [-0.4, -0.2) is 32.2 Å². The van der Waals surface area contributed by atoms with E-state index in [1.54, 1.807) is 0 Å². The molecule has 134 valence electrons. The maximum absolute atomic E-state index is 12.7. The second-order valence-electron chi connectivity index (χ2n) is 7.30. The molecule has 1 heterocycles. The molecule has 0 radical (unpaired) electrons. The van der Waals surface area contributed by atoms with E-state index < -0.39 is 5.41 Å². The lowest BCUT2D eigenvalue weighted by atomic mass is 9.65. The number of nitrogens with two attached hydrogens (primary N) is 1. The quantitative estimate of drug-likeness (QED) is 0.827. The van der Waals surface area contributed by atoms with Gasteiger partial charge in [-0.05, 0) is 43.1 Å². The van der Waals surface area contributed by atoms with E-state index in [1.165, 1.54) is 24.8 Å². The number of halogens is 1. The summed E-state index contributed by atoms with van der Waals surface area (Å²) in [7, 11) is 0. The van der Waals surface area contributed by atoms with Gasteiger partial charge in [-0.25, -0.2) is 0 Å². The van der Waals surface area contributed by atoms with Gasteiger partial charge in [0.1, 0.15) is 0 Å². The van der Waals surface area contributed by atoms with Crippen LogP contribution in [0.4, 0.5) is 0 Å². The normalized spacial score (nSPS) is 21.2. The van der Waals surface area contributed by atoms with Crippen LogP contribution in [0.5, 0.6) is 0 Å². The smallest absolute Gasteiger partial charge is 0.227 e. The maximum Gasteiger partial charge on any atom is 0.227 e. The average molecular weight is 353 g/mol. The van der Waals surface area contributed by atoms with Crippen molar-refractivity contribution in [1.82, 2.24) is 5.32 Å². The van der Waals surface area contributed by atoms with E-state index in [4.69, 9.17) is 10.5 Å². The average Bonchev–Trinajstić information content (AvgIpc) is 2.58. The number of hydrogen-bond donors (Lipinski definition) is 2. The van der Waals surface area contributed by atoms with Gasteiger partial charge in [-0.15, -0.1) is 12.4 Å². The molecule has 1 aromatic carbocycles. The van der Waals surface area contributed by atoms with Crippen molar-refractivity contribution in [3.63, 3.8) is 0 Å². The molecule has 1 saturated heterocycles. The van der Waals surface area contributed by atoms with Crippen LogP contribution in [0.2, 0.25) is 0 Å². The summed E-state index contributed by atoms with van der Waals surface area (Å²) < 4.78 is 5.40. The van der Waals surface area contributed by atoms with Gasteiger partial charge in [-0.1, -0.05) is 36.8 Å². The minimum Gasteiger partial charge on any atom is -0.381 e. The summed E-state index contributed by atoms with van der Waals surface area (Å²) in [6.07, 6.45) is 6.18. The first-order chi connectivity index (χ1) is 11.2. The molecule has 1 amide bonds. The molecule has 0 atom stereocenters. The topological polar surface area (TPSA) is 64.4 Å². The van der Waals surface area contributed by atoms with Gasteiger partial charge in [0, 0.05) is 26.3 Å². The lowest BCUT2D eigenvalue weighted by Gasteiger charge is -2.43. The van der Waals surface area contributed by atoms with Gasteiger partial charge >= 0.3 is 0 Å².